The lowest BCUT2D eigenvalue weighted by molar-refractivity contribution is -0.207. The predicted molar refractivity (Wildman–Crippen MR) is 203 cm³/mol. The average Bonchev–Trinajstić information content (AvgIpc) is 3.48. The van der Waals surface area contributed by atoms with Gasteiger partial charge in [0.15, 0.2) is 0 Å². The number of hydrogen-bond acceptors (Lipinski definition) is 8. The molecule has 0 radical (unpaired) electrons. The van der Waals surface area contributed by atoms with Gasteiger partial charge in [0.1, 0.15) is 23.3 Å². The number of nitrogens with one attached hydrogen (secondary N) is 3. The van der Waals surface area contributed by atoms with E-state index in [0.717, 1.165) is 56.9 Å². The Kier molecular flexibility index (Phi) is 12.0. The molecule has 294 valence electrons. The second-order valence-corrected chi connectivity index (χ2v) is 18.8. The van der Waals surface area contributed by atoms with Gasteiger partial charge in [-0.05, 0) is 117 Å². The summed E-state index contributed by atoms with van der Waals surface area (Å²) >= 11 is 1.51. The third kappa shape index (κ3) is 7.29. The molecule has 12 heteroatoms. The van der Waals surface area contributed by atoms with Crippen molar-refractivity contribution >= 4 is 35.4 Å². The normalized spacial score (nSPS) is 40.0. The molecule has 53 heavy (non-hydrogen) atoms. The molecule has 11 nitrogen and oxygen atoms in total. The van der Waals surface area contributed by atoms with Crippen LogP contribution in [0.3, 0.4) is 0 Å². The number of aliphatic hydroxyl groups is 3. The topological polar surface area (TPSA) is 168 Å². The van der Waals surface area contributed by atoms with E-state index in [1.807, 2.05) is 6.92 Å². The first-order valence-corrected chi connectivity index (χ1v) is 21.2. The van der Waals surface area contributed by atoms with Crippen molar-refractivity contribution in [1.82, 2.24) is 20.9 Å². The van der Waals surface area contributed by atoms with Crippen LogP contribution in [0.25, 0.3) is 0 Å². The van der Waals surface area contributed by atoms with E-state index in [9.17, 15) is 34.5 Å². The Morgan fingerprint density at radius 3 is 2.51 bits per heavy atom. The molecule has 0 aromatic carbocycles. The fourth-order valence-corrected chi connectivity index (χ4v) is 13.1. The van der Waals surface area contributed by atoms with Gasteiger partial charge in [0.2, 0.25) is 11.8 Å². The number of amides is 4. The number of hydrogen-bond donors (Lipinski definition) is 6. The smallest absolute Gasteiger partial charge is 0.269 e. The monoisotopic (exact) mass is 754 g/mol. The van der Waals surface area contributed by atoms with Crippen molar-refractivity contribution in [1.29, 1.82) is 0 Å². The Morgan fingerprint density at radius 1 is 1.04 bits per heavy atom. The summed E-state index contributed by atoms with van der Waals surface area (Å²) in [6.07, 6.45) is 12.2. The summed E-state index contributed by atoms with van der Waals surface area (Å²) in [5.41, 5.74) is 0.651. The van der Waals surface area contributed by atoms with Crippen LogP contribution in [0.5, 0.6) is 0 Å². The lowest BCUT2D eigenvalue weighted by Gasteiger charge is -2.63. The number of aliphatic hydroxyl groups excluding tert-OH is 3. The van der Waals surface area contributed by atoms with E-state index >= 15 is 0 Å². The molecule has 3 unspecified atom stereocenters. The Labute approximate surface area is 319 Å². The van der Waals surface area contributed by atoms with Crippen molar-refractivity contribution in [3.63, 3.8) is 0 Å². The number of unbranched alkanes of at least 4 members (excludes halogenated alkanes) is 1. The zero-order chi connectivity index (χ0) is 38.4. The molecule has 6 rings (SSSR count). The first-order chi connectivity index (χ1) is 25.1. The Bertz CT molecular complexity index is 1510. The van der Waals surface area contributed by atoms with Crippen LogP contribution in [0.1, 0.15) is 118 Å². The van der Waals surface area contributed by atoms with Crippen LogP contribution < -0.4 is 16.0 Å². The minimum atomic E-state index is -0.761. The van der Waals surface area contributed by atoms with Crippen molar-refractivity contribution < 1.29 is 34.5 Å². The van der Waals surface area contributed by atoms with Crippen molar-refractivity contribution in [2.75, 3.05) is 5.75 Å². The van der Waals surface area contributed by atoms with Gasteiger partial charge in [-0.3, -0.25) is 24.1 Å². The SMILES string of the molecule is C#CCC(NC(=O)CCCC)NC(=O)C1=C(C)CSC2C(NC(=O)CC[C@@H](C)[C@H]3CC[C@H]4[C@@H]5[C@H](O)C[C@@H]6C[C@H](O)CC[C@]6(C)[C@H]5C[C@H](O)[C@]34C)C(=O)N12. The Balaban J connectivity index is 1.04. The van der Waals surface area contributed by atoms with Gasteiger partial charge in [0.25, 0.3) is 11.8 Å². The summed E-state index contributed by atoms with van der Waals surface area (Å²) in [7, 11) is 0. The number of nitrogens with zero attached hydrogens (tertiary/aromatic N) is 1. The van der Waals surface area contributed by atoms with Gasteiger partial charge in [-0.15, -0.1) is 24.1 Å². The third-order valence-corrected chi connectivity index (χ3v) is 16.2. The van der Waals surface area contributed by atoms with E-state index in [1.165, 1.54) is 16.7 Å². The molecule has 5 fully saturated rings. The predicted octanol–water partition coefficient (Wildman–Crippen LogP) is 3.81. The van der Waals surface area contributed by atoms with Crippen LogP contribution in [-0.4, -0.2) is 85.5 Å². The number of carbonyl (C=O) groups is 4. The standard InChI is InChI=1S/C41H62N4O7S/c1-7-9-11-32(49)42-31(10-8-2)43-37(51)36-23(4)21-53-39-35(38(52)45(36)39)44-33(50)15-12-22(3)26-13-14-27-34-28(20-30(48)41(26,27)6)40(5)17-16-25(46)18-24(40)19-29(34)47/h2,22,24-31,34-35,39,46-48H,7,9-21H2,1,3-6H3,(H,42,49)(H,43,51)(H,44,50)/t22-,24+,25-,26-,27+,28+,29-,30+,31?,34+,35?,39?,40+,41-/m1/s1. The highest BCUT2D eigenvalue weighted by atomic mass is 32.2. The number of thioether (sulfide) groups is 1. The highest BCUT2D eigenvalue weighted by Gasteiger charge is 2.65. The van der Waals surface area contributed by atoms with Gasteiger partial charge in [-0.2, -0.15) is 0 Å². The van der Waals surface area contributed by atoms with Crippen LogP contribution in [0, 0.1) is 58.7 Å². The molecule has 4 amide bonds. The molecule has 4 aliphatic carbocycles. The molecule has 0 spiro atoms. The highest BCUT2D eigenvalue weighted by Crippen LogP contribution is 2.68. The summed E-state index contributed by atoms with van der Waals surface area (Å²) < 4.78 is 0. The van der Waals surface area contributed by atoms with E-state index < -0.39 is 35.7 Å². The van der Waals surface area contributed by atoms with Crippen molar-refractivity contribution in [3.8, 4) is 12.3 Å². The molecule has 6 N–H and O–H groups in total. The molecule has 0 aromatic rings. The molecule has 2 aliphatic heterocycles. The fraction of sp³-hybridized carbons (Fsp3) is 0.805. The third-order valence-electron chi connectivity index (χ3n) is 14.8. The number of rotatable bonds is 12. The maximum Gasteiger partial charge on any atom is 0.269 e. The van der Waals surface area contributed by atoms with E-state index in [2.05, 4.69) is 42.6 Å². The number of β-lactam (4-membered cyclic amide) rings is 1. The molecular weight excluding hydrogens is 693 g/mol. The first kappa shape index (κ1) is 40.1. The molecule has 14 atom stereocenters. The summed E-state index contributed by atoms with van der Waals surface area (Å²) in [4.78, 5) is 54.1. The van der Waals surface area contributed by atoms with Gasteiger partial charge >= 0.3 is 0 Å². The minimum Gasteiger partial charge on any atom is -0.393 e. The van der Waals surface area contributed by atoms with Crippen LogP contribution >= 0.6 is 11.8 Å². The summed E-state index contributed by atoms with van der Waals surface area (Å²) in [5.74, 6) is 3.01. The lowest BCUT2D eigenvalue weighted by atomic mass is 9.43. The second kappa shape index (κ2) is 15.9. The number of fused-ring (bicyclic) bond motifs is 6. The maximum absolute atomic E-state index is 13.5. The molecule has 6 aliphatic rings. The fourth-order valence-electron chi connectivity index (χ4n) is 11.8. The van der Waals surface area contributed by atoms with Crippen LogP contribution in [0.2, 0.25) is 0 Å². The summed E-state index contributed by atoms with van der Waals surface area (Å²) in [5, 5.41) is 42.1. The second-order valence-electron chi connectivity index (χ2n) is 17.7. The van der Waals surface area contributed by atoms with E-state index in [0.29, 0.717) is 25.0 Å². The quantitative estimate of drug-likeness (QED) is 0.0994. The van der Waals surface area contributed by atoms with Gasteiger partial charge in [0, 0.05) is 25.0 Å². The van der Waals surface area contributed by atoms with E-state index in [4.69, 9.17) is 6.42 Å². The zero-order valence-corrected chi connectivity index (χ0v) is 33.1. The summed E-state index contributed by atoms with van der Waals surface area (Å²) in [6, 6.07) is -0.738. The lowest BCUT2D eigenvalue weighted by Crippen LogP contribution is -2.71. The average molecular weight is 755 g/mol. The summed E-state index contributed by atoms with van der Waals surface area (Å²) in [6.45, 7) is 10.5. The molecule has 1 saturated heterocycles. The zero-order valence-electron chi connectivity index (χ0n) is 32.2. The highest BCUT2D eigenvalue weighted by molar-refractivity contribution is 8.00. The minimum absolute atomic E-state index is 0.0212. The maximum atomic E-state index is 13.5. The van der Waals surface area contributed by atoms with Crippen LogP contribution in [-0.2, 0) is 19.2 Å². The Morgan fingerprint density at radius 2 is 1.79 bits per heavy atom. The molecule has 0 aromatic heterocycles. The van der Waals surface area contributed by atoms with Gasteiger partial charge < -0.3 is 31.3 Å². The molecule has 0 bridgehead atoms. The van der Waals surface area contributed by atoms with E-state index in [-0.39, 0.29) is 88.7 Å². The largest absolute Gasteiger partial charge is 0.393 e. The number of carbonyl (C=O) groups excluding carboxylic acids is 4. The van der Waals surface area contributed by atoms with Crippen molar-refractivity contribution in [2.24, 2.45) is 46.3 Å². The number of terminal acetylenes is 1. The van der Waals surface area contributed by atoms with Crippen molar-refractivity contribution in [2.45, 2.75) is 154 Å². The molecular formula is C41H62N4O7S. The van der Waals surface area contributed by atoms with Crippen molar-refractivity contribution in [3.05, 3.63) is 11.3 Å². The van der Waals surface area contributed by atoms with Gasteiger partial charge in [-0.25, -0.2) is 0 Å². The molecule has 2 heterocycles. The van der Waals surface area contributed by atoms with E-state index in [1.54, 1.807) is 6.92 Å². The molecule has 4 saturated carbocycles. The first-order valence-electron chi connectivity index (χ1n) is 20.2. The van der Waals surface area contributed by atoms with Gasteiger partial charge in [-0.1, -0.05) is 34.1 Å². The van der Waals surface area contributed by atoms with Crippen LogP contribution in [0.4, 0.5) is 0 Å². The van der Waals surface area contributed by atoms with Gasteiger partial charge in [0.05, 0.1) is 18.3 Å². The van der Waals surface area contributed by atoms with Crippen LogP contribution in [0.15, 0.2) is 11.3 Å². The Hall–Kier alpha value is -2.59.